The molecule has 0 aliphatic rings. The van der Waals surface area contributed by atoms with Gasteiger partial charge in [0.25, 0.3) is 0 Å². The average molecular weight is 281 g/mol. The van der Waals surface area contributed by atoms with E-state index in [1.54, 1.807) is 30.2 Å². The standard InChI is InChI=1S/C13H13ClN2OS/c1-10-3-4-12(11(14)9-10)17-7-8-18-13-15-5-2-6-16-13/h2-6,9H,7-8H2,1H3. The van der Waals surface area contributed by atoms with Gasteiger partial charge in [-0.2, -0.15) is 0 Å². The fourth-order valence-electron chi connectivity index (χ4n) is 1.37. The third-order valence-electron chi connectivity index (χ3n) is 2.20. The molecule has 1 heterocycles. The van der Waals surface area contributed by atoms with Crippen molar-refractivity contribution in [1.82, 2.24) is 9.97 Å². The molecule has 0 saturated carbocycles. The number of aryl methyl sites for hydroxylation is 1. The maximum absolute atomic E-state index is 6.07. The van der Waals surface area contributed by atoms with Crippen LogP contribution >= 0.6 is 23.4 Å². The Balaban J connectivity index is 1.79. The highest BCUT2D eigenvalue weighted by atomic mass is 35.5. The van der Waals surface area contributed by atoms with Crippen molar-refractivity contribution in [2.75, 3.05) is 12.4 Å². The smallest absolute Gasteiger partial charge is 0.187 e. The minimum absolute atomic E-state index is 0.575. The minimum Gasteiger partial charge on any atom is -0.491 e. The Kier molecular flexibility index (Phi) is 4.84. The Morgan fingerprint density at radius 1 is 1.28 bits per heavy atom. The van der Waals surface area contributed by atoms with Gasteiger partial charge in [-0.3, -0.25) is 0 Å². The average Bonchev–Trinajstić information content (AvgIpc) is 2.38. The fourth-order valence-corrected chi connectivity index (χ4v) is 2.28. The maximum Gasteiger partial charge on any atom is 0.187 e. The quantitative estimate of drug-likeness (QED) is 0.476. The van der Waals surface area contributed by atoms with Crippen LogP contribution in [0.2, 0.25) is 5.02 Å². The fraction of sp³-hybridized carbons (Fsp3) is 0.231. The second-order valence-corrected chi connectivity index (χ2v) is 5.13. The van der Waals surface area contributed by atoms with Crippen LogP contribution in [0.25, 0.3) is 0 Å². The van der Waals surface area contributed by atoms with Crippen LogP contribution in [0.4, 0.5) is 0 Å². The molecule has 2 rings (SSSR count). The van der Waals surface area contributed by atoms with Gasteiger partial charge in [0.1, 0.15) is 5.75 Å². The predicted octanol–water partition coefficient (Wildman–Crippen LogP) is 3.61. The number of nitrogens with zero attached hydrogens (tertiary/aromatic N) is 2. The zero-order chi connectivity index (χ0) is 12.8. The van der Waals surface area contributed by atoms with Gasteiger partial charge in [-0.15, -0.1) is 0 Å². The normalized spacial score (nSPS) is 10.3. The van der Waals surface area contributed by atoms with Crippen LogP contribution in [0.3, 0.4) is 0 Å². The summed E-state index contributed by atoms with van der Waals surface area (Å²) in [7, 11) is 0. The number of rotatable bonds is 5. The van der Waals surface area contributed by atoms with Crippen molar-refractivity contribution in [2.24, 2.45) is 0 Å². The van der Waals surface area contributed by atoms with E-state index >= 15 is 0 Å². The van der Waals surface area contributed by atoms with Gasteiger partial charge in [0.05, 0.1) is 11.6 Å². The van der Waals surface area contributed by atoms with E-state index in [0.717, 1.165) is 22.2 Å². The molecule has 0 atom stereocenters. The first-order chi connectivity index (χ1) is 8.75. The van der Waals surface area contributed by atoms with Gasteiger partial charge in [-0.1, -0.05) is 29.4 Å². The van der Waals surface area contributed by atoms with Crippen LogP contribution in [0.1, 0.15) is 5.56 Å². The Bertz CT molecular complexity index is 508. The molecule has 0 spiro atoms. The summed E-state index contributed by atoms with van der Waals surface area (Å²) in [6.45, 7) is 2.57. The summed E-state index contributed by atoms with van der Waals surface area (Å²) in [4.78, 5) is 8.25. The molecule has 0 bridgehead atoms. The van der Waals surface area contributed by atoms with Crippen molar-refractivity contribution < 1.29 is 4.74 Å². The van der Waals surface area contributed by atoms with Gasteiger partial charge < -0.3 is 4.74 Å². The molecule has 1 aromatic heterocycles. The molecule has 3 nitrogen and oxygen atoms in total. The molecule has 1 aromatic carbocycles. The Morgan fingerprint density at radius 3 is 2.78 bits per heavy atom. The van der Waals surface area contributed by atoms with Crippen molar-refractivity contribution in [3.63, 3.8) is 0 Å². The summed E-state index contributed by atoms with van der Waals surface area (Å²) in [6, 6.07) is 7.56. The lowest BCUT2D eigenvalue weighted by atomic mass is 10.2. The molecule has 0 saturated heterocycles. The van der Waals surface area contributed by atoms with Gasteiger partial charge in [-0.05, 0) is 30.7 Å². The van der Waals surface area contributed by atoms with Crippen molar-refractivity contribution in [3.05, 3.63) is 47.2 Å². The topological polar surface area (TPSA) is 35.0 Å². The lowest BCUT2D eigenvalue weighted by Gasteiger charge is -2.07. The molecule has 2 aromatic rings. The maximum atomic E-state index is 6.07. The van der Waals surface area contributed by atoms with E-state index in [4.69, 9.17) is 16.3 Å². The number of hydrogen-bond donors (Lipinski definition) is 0. The lowest BCUT2D eigenvalue weighted by Crippen LogP contribution is -2.01. The summed E-state index contributed by atoms with van der Waals surface area (Å²) in [6.07, 6.45) is 3.46. The number of ether oxygens (including phenoxy) is 1. The highest BCUT2D eigenvalue weighted by Gasteiger charge is 2.02. The van der Waals surface area contributed by atoms with Gasteiger partial charge in [0, 0.05) is 18.1 Å². The van der Waals surface area contributed by atoms with E-state index in [9.17, 15) is 0 Å². The largest absolute Gasteiger partial charge is 0.491 e. The van der Waals surface area contributed by atoms with E-state index in [-0.39, 0.29) is 0 Å². The van der Waals surface area contributed by atoms with E-state index in [0.29, 0.717) is 11.6 Å². The molecule has 0 amide bonds. The summed E-state index contributed by atoms with van der Waals surface area (Å²) < 4.78 is 5.61. The highest BCUT2D eigenvalue weighted by Crippen LogP contribution is 2.25. The van der Waals surface area contributed by atoms with Gasteiger partial charge in [0.15, 0.2) is 5.16 Å². The third-order valence-corrected chi connectivity index (χ3v) is 3.34. The van der Waals surface area contributed by atoms with Gasteiger partial charge in [-0.25, -0.2) is 9.97 Å². The lowest BCUT2D eigenvalue weighted by molar-refractivity contribution is 0.344. The zero-order valence-electron chi connectivity index (χ0n) is 9.97. The van der Waals surface area contributed by atoms with Crippen molar-refractivity contribution in [2.45, 2.75) is 12.1 Å². The van der Waals surface area contributed by atoms with Crippen molar-refractivity contribution in [1.29, 1.82) is 0 Å². The number of hydrogen-bond acceptors (Lipinski definition) is 4. The molecule has 0 N–H and O–H groups in total. The van der Waals surface area contributed by atoms with E-state index in [2.05, 4.69) is 9.97 Å². The Hall–Kier alpha value is -1.26. The highest BCUT2D eigenvalue weighted by molar-refractivity contribution is 7.99. The Morgan fingerprint density at radius 2 is 2.06 bits per heavy atom. The monoisotopic (exact) mass is 280 g/mol. The second-order valence-electron chi connectivity index (χ2n) is 3.66. The summed E-state index contributed by atoms with van der Waals surface area (Å²) in [5, 5.41) is 1.41. The van der Waals surface area contributed by atoms with Crippen LogP contribution in [-0.4, -0.2) is 22.3 Å². The minimum atomic E-state index is 0.575. The van der Waals surface area contributed by atoms with Crippen LogP contribution < -0.4 is 4.74 Å². The van der Waals surface area contributed by atoms with E-state index in [1.807, 2.05) is 25.1 Å². The first kappa shape index (κ1) is 13.2. The number of halogens is 1. The molecule has 0 unspecified atom stereocenters. The van der Waals surface area contributed by atoms with Crippen LogP contribution in [0.15, 0.2) is 41.8 Å². The zero-order valence-corrected chi connectivity index (χ0v) is 11.5. The number of aromatic nitrogens is 2. The molecule has 0 aliphatic heterocycles. The van der Waals surface area contributed by atoms with Crippen LogP contribution in [0.5, 0.6) is 5.75 Å². The van der Waals surface area contributed by atoms with Crippen molar-refractivity contribution >= 4 is 23.4 Å². The predicted molar refractivity (Wildman–Crippen MR) is 74.4 cm³/mol. The summed E-state index contributed by atoms with van der Waals surface area (Å²) in [5.74, 6) is 1.51. The molecule has 94 valence electrons. The SMILES string of the molecule is Cc1ccc(OCCSc2ncccn2)c(Cl)c1. The second kappa shape index (κ2) is 6.61. The van der Waals surface area contributed by atoms with Gasteiger partial charge >= 0.3 is 0 Å². The van der Waals surface area contributed by atoms with Crippen LogP contribution in [0, 0.1) is 6.92 Å². The number of thioether (sulfide) groups is 1. The molecule has 18 heavy (non-hydrogen) atoms. The van der Waals surface area contributed by atoms with Crippen molar-refractivity contribution in [3.8, 4) is 5.75 Å². The molecular weight excluding hydrogens is 268 g/mol. The third kappa shape index (κ3) is 3.89. The first-order valence-corrected chi connectivity index (χ1v) is 6.91. The Labute approximate surface area is 116 Å². The first-order valence-electron chi connectivity index (χ1n) is 5.54. The molecule has 0 radical (unpaired) electrons. The molecule has 0 aliphatic carbocycles. The number of benzene rings is 1. The molecule has 0 fully saturated rings. The van der Waals surface area contributed by atoms with Crippen LogP contribution in [-0.2, 0) is 0 Å². The molecule has 5 heteroatoms. The van der Waals surface area contributed by atoms with E-state index < -0.39 is 0 Å². The molecular formula is C13H13ClN2OS. The van der Waals surface area contributed by atoms with E-state index in [1.165, 1.54) is 0 Å². The summed E-state index contributed by atoms with van der Waals surface area (Å²) >= 11 is 7.63. The summed E-state index contributed by atoms with van der Waals surface area (Å²) in [5.41, 5.74) is 1.12. The van der Waals surface area contributed by atoms with Gasteiger partial charge in [0.2, 0.25) is 0 Å².